The van der Waals surface area contributed by atoms with Crippen LogP contribution in [0.4, 0.5) is 0 Å². The molecule has 0 amide bonds. The first-order chi connectivity index (χ1) is 4.62. The highest BCUT2D eigenvalue weighted by Gasteiger charge is 2.13. The Balaban J connectivity index is 3.56. The minimum absolute atomic E-state index is 0.122. The molecule has 0 saturated heterocycles. The number of ether oxygens (including phenoxy) is 1. The Morgan fingerprint density at radius 3 is 2.60 bits per heavy atom. The molecule has 0 fully saturated rings. The topological polar surface area (TPSA) is 58.0 Å². The lowest BCUT2D eigenvalue weighted by molar-refractivity contribution is -0.0162. The van der Waals surface area contributed by atoms with E-state index in [1.165, 1.54) is 0 Å². The van der Waals surface area contributed by atoms with Crippen molar-refractivity contribution in [2.24, 2.45) is 5.11 Å². The molecule has 4 heteroatoms. The van der Waals surface area contributed by atoms with Gasteiger partial charge in [-0.2, -0.15) is 0 Å². The molecule has 0 saturated carbocycles. The minimum Gasteiger partial charge on any atom is -0.370 e. The van der Waals surface area contributed by atoms with Crippen molar-refractivity contribution in [1.82, 2.24) is 0 Å². The molecule has 0 radical (unpaired) electrons. The maximum absolute atomic E-state index is 7.91. The van der Waals surface area contributed by atoms with E-state index in [0.29, 0.717) is 0 Å². The van der Waals surface area contributed by atoms with Gasteiger partial charge in [0, 0.05) is 4.91 Å². The second-order valence-electron chi connectivity index (χ2n) is 2.62. The largest absolute Gasteiger partial charge is 0.370 e. The van der Waals surface area contributed by atoms with Crippen molar-refractivity contribution >= 4 is 0 Å². The molecule has 0 aliphatic heterocycles. The molecule has 0 heterocycles. The van der Waals surface area contributed by atoms with E-state index in [1.807, 2.05) is 20.8 Å². The van der Waals surface area contributed by atoms with Crippen molar-refractivity contribution < 1.29 is 4.74 Å². The Hall–Kier alpha value is -0.730. The van der Waals surface area contributed by atoms with Gasteiger partial charge in [-0.15, -0.1) is 0 Å². The maximum atomic E-state index is 7.91. The predicted molar refractivity (Wildman–Crippen MR) is 39.5 cm³/mol. The van der Waals surface area contributed by atoms with E-state index in [9.17, 15) is 0 Å². The Kier molecular flexibility index (Phi) is 3.84. The number of rotatable bonds is 4. The second kappa shape index (κ2) is 4.14. The average molecular weight is 143 g/mol. The Bertz CT molecular complexity index is 138. The summed E-state index contributed by atoms with van der Waals surface area (Å²) in [6.07, 6.45) is 0.911. The number of azide groups is 1. The highest BCUT2D eigenvalue weighted by molar-refractivity contribution is 4.64. The first kappa shape index (κ1) is 9.27. The van der Waals surface area contributed by atoms with Gasteiger partial charge in [-0.3, -0.25) is 0 Å². The zero-order chi connectivity index (χ0) is 8.04. The van der Waals surface area contributed by atoms with E-state index in [-0.39, 0.29) is 12.3 Å². The summed E-state index contributed by atoms with van der Waals surface area (Å²) >= 11 is 0. The molecule has 4 nitrogen and oxygen atoms in total. The lowest BCUT2D eigenvalue weighted by atomic mass is 10.1. The van der Waals surface area contributed by atoms with E-state index >= 15 is 0 Å². The molecule has 0 aliphatic carbocycles. The lowest BCUT2D eigenvalue weighted by Crippen LogP contribution is -2.22. The Morgan fingerprint density at radius 2 is 2.20 bits per heavy atom. The molecular formula is C6H13N3O. The molecule has 0 spiro atoms. The summed E-state index contributed by atoms with van der Waals surface area (Å²) in [5.74, 6) is 0. The zero-order valence-electron chi connectivity index (χ0n) is 6.66. The standard InChI is InChI=1S/C6H13N3O/c1-4-6(2,3)10-5-8-9-7/h4-5H2,1-3H3. The van der Waals surface area contributed by atoms with Gasteiger partial charge >= 0.3 is 0 Å². The van der Waals surface area contributed by atoms with Crippen molar-refractivity contribution in [3.63, 3.8) is 0 Å². The molecule has 0 atom stereocenters. The van der Waals surface area contributed by atoms with Crippen LogP contribution in [0.3, 0.4) is 0 Å². The molecule has 0 aromatic carbocycles. The van der Waals surface area contributed by atoms with Crippen LogP contribution in [-0.4, -0.2) is 12.3 Å². The molecular weight excluding hydrogens is 130 g/mol. The smallest absolute Gasteiger partial charge is 0.126 e. The number of nitrogens with zero attached hydrogens (tertiary/aromatic N) is 3. The fourth-order valence-corrected chi connectivity index (χ4v) is 0.331. The zero-order valence-corrected chi connectivity index (χ0v) is 6.66. The summed E-state index contributed by atoms with van der Waals surface area (Å²) in [5, 5.41) is 3.26. The van der Waals surface area contributed by atoms with Crippen LogP contribution in [0.1, 0.15) is 27.2 Å². The molecule has 0 unspecified atom stereocenters. The van der Waals surface area contributed by atoms with Crippen LogP contribution >= 0.6 is 0 Å². The van der Waals surface area contributed by atoms with Gasteiger partial charge in [0.15, 0.2) is 0 Å². The van der Waals surface area contributed by atoms with Crippen molar-refractivity contribution in [3.05, 3.63) is 10.4 Å². The molecule has 0 aromatic rings. The molecule has 0 aliphatic rings. The van der Waals surface area contributed by atoms with Crippen molar-refractivity contribution in [1.29, 1.82) is 0 Å². The SMILES string of the molecule is CCC(C)(C)OCN=[N+]=[N-]. The summed E-state index contributed by atoms with van der Waals surface area (Å²) in [4.78, 5) is 2.57. The summed E-state index contributed by atoms with van der Waals surface area (Å²) in [6.45, 7) is 6.06. The highest BCUT2D eigenvalue weighted by Crippen LogP contribution is 2.12. The van der Waals surface area contributed by atoms with Crippen molar-refractivity contribution in [3.8, 4) is 0 Å². The van der Waals surface area contributed by atoms with E-state index < -0.39 is 0 Å². The highest BCUT2D eigenvalue weighted by atomic mass is 16.5. The van der Waals surface area contributed by atoms with Gasteiger partial charge in [-0.05, 0) is 25.8 Å². The summed E-state index contributed by atoms with van der Waals surface area (Å²) in [7, 11) is 0. The first-order valence-corrected chi connectivity index (χ1v) is 3.27. The van der Waals surface area contributed by atoms with Gasteiger partial charge in [0.05, 0.1) is 5.60 Å². The van der Waals surface area contributed by atoms with E-state index in [0.717, 1.165) is 6.42 Å². The van der Waals surface area contributed by atoms with Crippen LogP contribution in [0.25, 0.3) is 10.4 Å². The van der Waals surface area contributed by atoms with Gasteiger partial charge in [0.1, 0.15) is 6.73 Å². The monoisotopic (exact) mass is 143 g/mol. The summed E-state index contributed by atoms with van der Waals surface area (Å²) < 4.78 is 5.20. The first-order valence-electron chi connectivity index (χ1n) is 3.27. The number of hydrogen-bond acceptors (Lipinski definition) is 2. The molecule has 10 heavy (non-hydrogen) atoms. The molecule has 0 bridgehead atoms. The third-order valence-electron chi connectivity index (χ3n) is 1.43. The van der Waals surface area contributed by atoms with E-state index in [1.54, 1.807) is 0 Å². The van der Waals surface area contributed by atoms with Gasteiger partial charge in [0.2, 0.25) is 0 Å². The molecule has 0 N–H and O–H groups in total. The van der Waals surface area contributed by atoms with Crippen molar-refractivity contribution in [2.75, 3.05) is 6.73 Å². The third-order valence-corrected chi connectivity index (χ3v) is 1.43. The predicted octanol–water partition coefficient (Wildman–Crippen LogP) is 2.46. The lowest BCUT2D eigenvalue weighted by Gasteiger charge is -2.21. The normalized spacial score (nSPS) is 10.7. The molecule has 0 aromatic heterocycles. The third kappa shape index (κ3) is 4.18. The average Bonchev–Trinajstić information content (AvgIpc) is 1.89. The van der Waals surface area contributed by atoms with Crippen LogP contribution in [0.2, 0.25) is 0 Å². The number of hydrogen-bond donors (Lipinski definition) is 0. The van der Waals surface area contributed by atoms with Crippen LogP contribution in [0.15, 0.2) is 5.11 Å². The Labute approximate surface area is 60.8 Å². The summed E-state index contributed by atoms with van der Waals surface area (Å²) in [6, 6.07) is 0. The summed E-state index contributed by atoms with van der Waals surface area (Å²) in [5.41, 5.74) is 7.74. The van der Waals surface area contributed by atoms with Crippen LogP contribution in [-0.2, 0) is 4.74 Å². The minimum atomic E-state index is -0.172. The van der Waals surface area contributed by atoms with Gasteiger partial charge in [-0.1, -0.05) is 12.0 Å². The van der Waals surface area contributed by atoms with Gasteiger partial charge < -0.3 is 4.74 Å². The van der Waals surface area contributed by atoms with Crippen LogP contribution in [0.5, 0.6) is 0 Å². The van der Waals surface area contributed by atoms with Gasteiger partial charge in [-0.25, -0.2) is 0 Å². The van der Waals surface area contributed by atoms with E-state index in [4.69, 9.17) is 10.3 Å². The maximum Gasteiger partial charge on any atom is 0.126 e. The second-order valence-corrected chi connectivity index (χ2v) is 2.62. The van der Waals surface area contributed by atoms with Gasteiger partial charge in [0.25, 0.3) is 0 Å². The Morgan fingerprint density at radius 1 is 1.60 bits per heavy atom. The molecule has 0 rings (SSSR count). The fraction of sp³-hybridized carbons (Fsp3) is 1.00. The quantitative estimate of drug-likeness (QED) is 0.339. The van der Waals surface area contributed by atoms with E-state index in [2.05, 4.69) is 10.0 Å². The van der Waals surface area contributed by atoms with Crippen LogP contribution < -0.4 is 0 Å². The fourth-order valence-electron chi connectivity index (χ4n) is 0.331. The van der Waals surface area contributed by atoms with Crippen molar-refractivity contribution in [2.45, 2.75) is 32.8 Å². The molecule has 58 valence electrons. The van der Waals surface area contributed by atoms with Crippen LogP contribution in [0, 0.1) is 0 Å².